The number of rotatable bonds is 5. The Kier molecular flexibility index (Phi) is 6.55. The molecule has 0 aliphatic carbocycles. The first kappa shape index (κ1) is 22.0. The SMILES string of the molecule is COc1cccc(NC(=O)N2CCC(CO)(Cc3ccccc3C(F)(F)F)CC2)c1. The molecule has 2 aromatic rings. The van der Waals surface area contributed by atoms with E-state index in [0.717, 1.165) is 6.07 Å². The monoisotopic (exact) mass is 422 g/mol. The number of nitrogens with zero attached hydrogens (tertiary/aromatic N) is 1. The lowest BCUT2D eigenvalue weighted by atomic mass is 9.73. The van der Waals surface area contributed by atoms with Crippen molar-refractivity contribution in [2.45, 2.75) is 25.4 Å². The average Bonchev–Trinajstić information content (AvgIpc) is 2.74. The number of alkyl halides is 3. The van der Waals surface area contributed by atoms with Gasteiger partial charge in [-0.05, 0) is 43.0 Å². The molecule has 30 heavy (non-hydrogen) atoms. The molecule has 2 aromatic carbocycles. The van der Waals surface area contributed by atoms with E-state index in [1.165, 1.54) is 19.2 Å². The van der Waals surface area contributed by atoms with Gasteiger partial charge in [0.15, 0.2) is 0 Å². The topological polar surface area (TPSA) is 61.8 Å². The minimum Gasteiger partial charge on any atom is -0.497 e. The normalized spacial score (nSPS) is 16.2. The molecule has 3 rings (SSSR count). The van der Waals surface area contributed by atoms with Crippen molar-refractivity contribution in [1.29, 1.82) is 0 Å². The van der Waals surface area contributed by atoms with Crippen LogP contribution in [0, 0.1) is 5.41 Å². The quantitative estimate of drug-likeness (QED) is 0.743. The van der Waals surface area contributed by atoms with Crippen LogP contribution in [0.15, 0.2) is 48.5 Å². The summed E-state index contributed by atoms with van der Waals surface area (Å²) in [6, 6.07) is 12.2. The van der Waals surface area contributed by atoms with Crippen LogP contribution in [-0.4, -0.2) is 42.8 Å². The lowest BCUT2D eigenvalue weighted by Crippen LogP contribution is -2.47. The van der Waals surface area contributed by atoms with Gasteiger partial charge >= 0.3 is 12.2 Å². The van der Waals surface area contributed by atoms with Gasteiger partial charge in [-0.25, -0.2) is 4.79 Å². The molecule has 8 heteroatoms. The van der Waals surface area contributed by atoms with Crippen LogP contribution in [0.4, 0.5) is 23.7 Å². The number of likely N-dealkylation sites (tertiary alicyclic amines) is 1. The predicted octanol–water partition coefficient (Wildman–Crippen LogP) is 4.56. The summed E-state index contributed by atoms with van der Waals surface area (Å²) < 4.78 is 45.1. The summed E-state index contributed by atoms with van der Waals surface area (Å²) in [7, 11) is 1.54. The number of nitrogens with one attached hydrogen (secondary N) is 1. The summed E-state index contributed by atoms with van der Waals surface area (Å²) >= 11 is 0. The molecule has 0 aromatic heterocycles. The first-order valence-corrected chi connectivity index (χ1v) is 9.72. The molecule has 1 saturated heterocycles. The van der Waals surface area contributed by atoms with Crippen LogP contribution >= 0.6 is 0 Å². The maximum atomic E-state index is 13.3. The highest BCUT2D eigenvalue weighted by Crippen LogP contribution is 2.39. The van der Waals surface area contributed by atoms with Crippen molar-refractivity contribution >= 4 is 11.7 Å². The maximum Gasteiger partial charge on any atom is 0.416 e. The van der Waals surface area contributed by atoms with Crippen LogP contribution in [0.2, 0.25) is 0 Å². The van der Waals surface area contributed by atoms with Crippen LogP contribution in [0.5, 0.6) is 5.75 Å². The van der Waals surface area contributed by atoms with Crippen molar-refractivity contribution in [2.24, 2.45) is 5.41 Å². The fraction of sp³-hybridized carbons (Fsp3) is 0.409. The molecule has 162 valence electrons. The second-order valence-electron chi connectivity index (χ2n) is 7.64. The van der Waals surface area contributed by atoms with E-state index in [9.17, 15) is 23.1 Å². The molecule has 5 nitrogen and oxygen atoms in total. The van der Waals surface area contributed by atoms with Gasteiger partial charge in [-0.2, -0.15) is 13.2 Å². The van der Waals surface area contributed by atoms with Crippen molar-refractivity contribution in [3.63, 3.8) is 0 Å². The van der Waals surface area contributed by atoms with E-state index in [0.29, 0.717) is 37.4 Å². The zero-order chi connectivity index (χ0) is 21.8. The fourth-order valence-corrected chi connectivity index (χ4v) is 3.83. The molecule has 1 heterocycles. The number of methoxy groups -OCH3 is 1. The van der Waals surface area contributed by atoms with Gasteiger partial charge in [0.25, 0.3) is 0 Å². The molecule has 2 amide bonds. The smallest absolute Gasteiger partial charge is 0.416 e. The van der Waals surface area contributed by atoms with Gasteiger partial charge in [0.1, 0.15) is 5.75 Å². The number of benzene rings is 2. The zero-order valence-electron chi connectivity index (χ0n) is 16.7. The van der Waals surface area contributed by atoms with Gasteiger partial charge in [0.2, 0.25) is 0 Å². The highest BCUT2D eigenvalue weighted by molar-refractivity contribution is 5.89. The summed E-state index contributed by atoms with van der Waals surface area (Å²) in [6.45, 7) is 0.472. The number of carbonyl (C=O) groups excluding carboxylic acids is 1. The molecule has 0 bridgehead atoms. The van der Waals surface area contributed by atoms with E-state index in [1.807, 2.05) is 0 Å². The van der Waals surface area contributed by atoms with E-state index in [-0.39, 0.29) is 24.6 Å². The molecule has 1 aliphatic heterocycles. The van der Waals surface area contributed by atoms with E-state index in [2.05, 4.69) is 5.32 Å². The molecular weight excluding hydrogens is 397 g/mol. The average molecular weight is 422 g/mol. The minimum absolute atomic E-state index is 0.116. The first-order chi connectivity index (χ1) is 14.3. The molecule has 0 spiro atoms. The van der Waals surface area contributed by atoms with Crippen LogP contribution in [0.1, 0.15) is 24.0 Å². The second-order valence-corrected chi connectivity index (χ2v) is 7.64. The van der Waals surface area contributed by atoms with Gasteiger partial charge in [-0.3, -0.25) is 0 Å². The van der Waals surface area contributed by atoms with Gasteiger partial charge in [0.05, 0.1) is 12.7 Å². The third-order valence-electron chi connectivity index (χ3n) is 5.66. The standard InChI is InChI=1S/C22H25F3N2O3/c1-30-18-7-4-6-17(13-18)26-20(29)27-11-9-21(15-28,10-12-27)14-16-5-2-3-8-19(16)22(23,24)25/h2-8,13,28H,9-12,14-15H2,1H3,(H,26,29). The third-order valence-corrected chi connectivity index (χ3v) is 5.66. The zero-order valence-corrected chi connectivity index (χ0v) is 16.7. The number of ether oxygens (including phenoxy) is 1. The van der Waals surface area contributed by atoms with Crippen molar-refractivity contribution in [1.82, 2.24) is 4.90 Å². The Balaban J connectivity index is 1.66. The highest BCUT2D eigenvalue weighted by Gasteiger charge is 2.39. The number of anilines is 1. The van der Waals surface area contributed by atoms with E-state index in [4.69, 9.17) is 4.74 Å². The molecule has 0 atom stereocenters. The van der Waals surface area contributed by atoms with Crippen LogP contribution in [0.25, 0.3) is 0 Å². The summed E-state index contributed by atoms with van der Waals surface area (Å²) in [5.74, 6) is 0.620. The lowest BCUT2D eigenvalue weighted by Gasteiger charge is -2.41. The molecule has 1 aliphatic rings. The van der Waals surface area contributed by atoms with E-state index < -0.39 is 17.2 Å². The number of hydrogen-bond donors (Lipinski definition) is 2. The Morgan fingerprint density at radius 3 is 2.50 bits per heavy atom. The van der Waals surface area contributed by atoms with Gasteiger partial charge < -0.3 is 20.1 Å². The molecule has 2 N–H and O–H groups in total. The summed E-state index contributed by atoms with van der Waals surface area (Å²) in [4.78, 5) is 14.2. The van der Waals surface area contributed by atoms with Gasteiger partial charge in [0, 0.05) is 36.9 Å². The molecule has 1 fully saturated rings. The summed E-state index contributed by atoms with van der Waals surface area (Å²) in [5.41, 5.74) is -0.588. The van der Waals surface area contributed by atoms with Crippen LogP contribution < -0.4 is 10.1 Å². The second kappa shape index (κ2) is 8.95. The van der Waals surface area contributed by atoms with Gasteiger partial charge in [-0.15, -0.1) is 0 Å². The number of urea groups is 1. The van der Waals surface area contributed by atoms with Crippen molar-refractivity contribution < 1.29 is 27.8 Å². The number of amides is 2. The van der Waals surface area contributed by atoms with Crippen molar-refractivity contribution in [3.8, 4) is 5.75 Å². The Hall–Kier alpha value is -2.74. The first-order valence-electron chi connectivity index (χ1n) is 9.72. The van der Waals surface area contributed by atoms with Crippen molar-refractivity contribution in [2.75, 3.05) is 32.1 Å². The van der Waals surface area contributed by atoms with Crippen molar-refractivity contribution in [3.05, 3.63) is 59.7 Å². The Morgan fingerprint density at radius 1 is 1.17 bits per heavy atom. The predicted molar refractivity (Wildman–Crippen MR) is 107 cm³/mol. The molecular formula is C22H25F3N2O3. The highest BCUT2D eigenvalue weighted by atomic mass is 19.4. The Bertz CT molecular complexity index is 878. The van der Waals surface area contributed by atoms with E-state index in [1.54, 1.807) is 35.2 Å². The van der Waals surface area contributed by atoms with Gasteiger partial charge in [-0.1, -0.05) is 24.3 Å². The number of halogens is 3. The number of hydrogen-bond acceptors (Lipinski definition) is 3. The third kappa shape index (κ3) is 5.05. The Morgan fingerprint density at radius 2 is 1.87 bits per heavy atom. The number of piperidine rings is 1. The lowest BCUT2D eigenvalue weighted by molar-refractivity contribution is -0.138. The fourth-order valence-electron chi connectivity index (χ4n) is 3.83. The number of aliphatic hydroxyl groups is 1. The molecule has 0 radical (unpaired) electrons. The van der Waals surface area contributed by atoms with Crippen LogP contribution in [0.3, 0.4) is 0 Å². The maximum absolute atomic E-state index is 13.3. The number of carbonyl (C=O) groups is 1. The number of aliphatic hydroxyl groups excluding tert-OH is 1. The van der Waals surface area contributed by atoms with E-state index >= 15 is 0 Å². The van der Waals surface area contributed by atoms with Crippen LogP contribution in [-0.2, 0) is 12.6 Å². The Labute approximate surface area is 173 Å². The molecule has 0 saturated carbocycles. The summed E-state index contributed by atoms with van der Waals surface area (Å²) in [5, 5.41) is 12.8. The summed E-state index contributed by atoms with van der Waals surface area (Å²) in [6.07, 6.45) is -3.49. The minimum atomic E-state index is -4.44. The largest absolute Gasteiger partial charge is 0.497 e. The molecule has 0 unspecified atom stereocenters.